The SMILES string of the molecule is Cc1cc(C)n(CCC(=O)N[C@@H]2CCC[C@@H](NC(=O)c3ccc(C)[nH]c3=O)C2)n1. The normalized spacial score (nSPS) is 19.0. The van der Waals surface area contributed by atoms with E-state index in [2.05, 4.69) is 20.7 Å². The van der Waals surface area contributed by atoms with Crippen LogP contribution >= 0.6 is 0 Å². The van der Waals surface area contributed by atoms with Crippen LogP contribution in [0.2, 0.25) is 0 Å². The number of hydrogen-bond donors (Lipinski definition) is 3. The van der Waals surface area contributed by atoms with Crippen molar-refractivity contribution in [2.75, 3.05) is 0 Å². The van der Waals surface area contributed by atoms with Crippen molar-refractivity contribution in [2.45, 2.75) is 71.5 Å². The van der Waals surface area contributed by atoms with Crippen molar-refractivity contribution in [1.29, 1.82) is 0 Å². The van der Waals surface area contributed by atoms with Gasteiger partial charge in [-0.1, -0.05) is 0 Å². The van der Waals surface area contributed by atoms with Crippen molar-refractivity contribution in [3.05, 3.63) is 51.2 Å². The van der Waals surface area contributed by atoms with Crippen molar-refractivity contribution in [3.8, 4) is 0 Å². The van der Waals surface area contributed by atoms with Gasteiger partial charge in [0, 0.05) is 36.4 Å². The smallest absolute Gasteiger partial charge is 0.260 e. The van der Waals surface area contributed by atoms with E-state index < -0.39 is 0 Å². The van der Waals surface area contributed by atoms with E-state index in [4.69, 9.17) is 0 Å². The minimum Gasteiger partial charge on any atom is -0.353 e. The second-order valence-corrected chi connectivity index (χ2v) is 7.89. The number of amides is 2. The van der Waals surface area contributed by atoms with Crippen molar-refractivity contribution in [2.24, 2.45) is 0 Å². The van der Waals surface area contributed by atoms with E-state index in [1.165, 1.54) is 0 Å². The topological polar surface area (TPSA) is 109 Å². The molecule has 8 nitrogen and oxygen atoms in total. The third kappa shape index (κ3) is 5.56. The lowest BCUT2D eigenvalue weighted by Gasteiger charge is -2.30. The number of carbonyl (C=O) groups is 2. The van der Waals surface area contributed by atoms with Crippen LogP contribution in [0.5, 0.6) is 0 Å². The lowest BCUT2D eigenvalue weighted by Crippen LogP contribution is -2.46. The molecule has 2 aromatic heterocycles. The summed E-state index contributed by atoms with van der Waals surface area (Å²) in [5.74, 6) is -0.378. The molecule has 1 saturated carbocycles. The maximum absolute atomic E-state index is 12.4. The highest BCUT2D eigenvalue weighted by molar-refractivity contribution is 5.94. The van der Waals surface area contributed by atoms with Gasteiger partial charge in [-0.15, -0.1) is 0 Å². The zero-order valence-corrected chi connectivity index (χ0v) is 17.2. The Kier molecular flexibility index (Phi) is 6.51. The predicted octanol–water partition coefficient (Wildman–Crippen LogP) is 1.74. The van der Waals surface area contributed by atoms with Gasteiger partial charge < -0.3 is 15.6 Å². The first-order valence-electron chi connectivity index (χ1n) is 10.1. The molecule has 1 aliphatic carbocycles. The van der Waals surface area contributed by atoms with E-state index >= 15 is 0 Å². The molecule has 2 atom stereocenters. The van der Waals surface area contributed by atoms with E-state index in [1.807, 2.05) is 24.6 Å². The van der Waals surface area contributed by atoms with Crippen LogP contribution in [0.25, 0.3) is 0 Å². The zero-order chi connectivity index (χ0) is 21.0. The van der Waals surface area contributed by atoms with Crippen LogP contribution in [-0.2, 0) is 11.3 Å². The largest absolute Gasteiger partial charge is 0.353 e. The fourth-order valence-electron chi connectivity index (χ4n) is 3.87. The second-order valence-electron chi connectivity index (χ2n) is 7.89. The molecule has 2 heterocycles. The van der Waals surface area contributed by atoms with Gasteiger partial charge in [0.05, 0.1) is 5.69 Å². The Morgan fingerprint density at radius 3 is 2.55 bits per heavy atom. The average molecular weight is 399 g/mol. The maximum atomic E-state index is 12.4. The molecule has 0 aromatic carbocycles. The Balaban J connectivity index is 1.49. The standard InChI is InChI=1S/C21H29N5O3/c1-13-7-8-18(20(28)22-13)21(29)24-17-6-4-5-16(12-17)23-19(27)9-10-26-15(3)11-14(2)25-26/h7-8,11,16-17H,4-6,9-10,12H2,1-3H3,(H,22,28)(H,23,27)(H,24,29)/t16-,17-/m1/s1. The first kappa shape index (κ1) is 20.8. The molecule has 156 valence electrons. The first-order valence-corrected chi connectivity index (χ1v) is 10.1. The summed E-state index contributed by atoms with van der Waals surface area (Å²) in [4.78, 5) is 39.4. The van der Waals surface area contributed by atoms with Gasteiger partial charge in [-0.25, -0.2) is 0 Å². The molecule has 1 aliphatic rings. The van der Waals surface area contributed by atoms with Crippen LogP contribution in [0.3, 0.4) is 0 Å². The second kappa shape index (κ2) is 9.07. The van der Waals surface area contributed by atoms with E-state index in [9.17, 15) is 14.4 Å². The van der Waals surface area contributed by atoms with E-state index in [0.717, 1.165) is 30.7 Å². The molecule has 0 bridgehead atoms. The van der Waals surface area contributed by atoms with Gasteiger partial charge >= 0.3 is 0 Å². The number of rotatable bonds is 6. The molecular formula is C21H29N5O3. The average Bonchev–Trinajstić information content (AvgIpc) is 2.97. The summed E-state index contributed by atoms with van der Waals surface area (Å²) in [7, 11) is 0. The Labute approximate surface area is 170 Å². The van der Waals surface area contributed by atoms with Gasteiger partial charge in [0.15, 0.2) is 0 Å². The Morgan fingerprint density at radius 1 is 1.17 bits per heavy atom. The quantitative estimate of drug-likeness (QED) is 0.687. The summed E-state index contributed by atoms with van der Waals surface area (Å²) < 4.78 is 1.85. The fraction of sp³-hybridized carbons (Fsp3) is 0.524. The van der Waals surface area contributed by atoms with Crippen LogP contribution in [0.1, 0.15) is 59.5 Å². The Bertz CT molecular complexity index is 946. The molecular weight excluding hydrogens is 370 g/mol. The predicted molar refractivity (Wildman–Crippen MR) is 110 cm³/mol. The summed E-state index contributed by atoms with van der Waals surface area (Å²) in [5.41, 5.74) is 2.44. The van der Waals surface area contributed by atoms with Crippen LogP contribution in [0.15, 0.2) is 23.0 Å². The van der Waals surface area contributed by atoms with Crippen LogP contribution in [0.4, 0.5) is 0 Å². The lowest BCUT2D eigenvalue weighted by atomic mass is 9.90. The molecule has 0 spiro atoms. The summed E-state index contributed by atoms with van der Waals surface area (Å²) in [6.45, 7) is 6.23. The molecule has 2 amide bonds. The molecule has 8 heteroatoms. The molecule has 0 saturated heterocycles. The minimum absolute atomic E-state index is 0.00971. The molecule has 0 unspecified atom stereocenters. The summed E-state index contributed by atoms with van der Waals surface area (Å²) in [6, 6.07) is 5.22. The van der Waals surface area contributed by atoms with E-state index in [0.29, 0.717) is 25.1 Å². The maximum Gasteiger partial charge on any atom is 0.260 e. The third-order valence-corrected chi connectivity index (χ3v) is 5.33. The fourth-order valence-corrected chi connectivity index (χ4v) is 3.87. The van der Waals surface area contributed by atoms with Gasteiger partial charge in [0.1, 0.15) is 5.56 Å². The number of hydrogen-bond acceptors (Lipinski definition) is 4. The van der Waals surface area contributed by atoms with Gasteiger partial charge in [-0.05, 0) is 64.7 Å². The van der Waals surface area contributed by atoms with Crippen molar-refractivity contribution in [1.82, 2.24) is 25.4 Å². The van der Waals surface area contributed by atoms with Crippen molar-refractivity contribution >= 4 is 11.8 Å². The number of aromatic nitrogens is 3. The monoisotopic (exact) mass is 399 g/mol. The first-order chi connectivity index (χ1) is 13.8. The zero-order valence-electron chi connectivity index (χ0n) is 17.2. The molecule has 0 radical (unpaired) electrons. The highest BCUT2D eigenvalue weighted by Gasteiger charge is 2.25. The van der Waals surface area contributed by atoms with Gasteiger partial charge in [0.2, 0.25) is 5.91 Å². The number of carbonyl (C=O) groups excluding carboxylic acids is 2. The van der Waals surface area contributed by atoms with Gasteiger partial charge in [0.25, 0.3) is 11.5 Å². The Hall–Kier alpha value is -2.90. The third-order valence-electron chi connectivity index (χ3n) is 5.33. The van der Waals surface area contributed by atoms with Crippen LogP contribution < -0.4 is 16.2 Å². The minimum atomic E-state index is -0.382. The van der Waals surface area contributed by atoms with E-state index in [1.54, 1.807) is 19.1 Å². The molecule has 3 rings (SSSR count). The van der Waals surface area contributed by atoms with Gasteiger partial charge in [-0.2, -0.15) is 5.10 Å². The number of nitrogens with zero attached hydrogens (tertiary/aromatic N) is 2. The van der Waals surface area contributed by atoms with Crippen molar-refractivity contribution in [3.63, 3.8) is 0 Å². The van der Waals surface area contributed by atoms with E-state index in [-0.39, 0.29) is 35.0 Å². The molecule has 0 aliphatic heterocycles. The van der Waals surface area contributed by atoms with Gasteiger partial charge in [-0.3, -0.25) is 19.1 Å². The van der Waals surface area contributed by atoms with Crippen molar-refractivity contribution < 1.29 is 9.59 Å². The number of nitrogens with one attached hydrogen (secondary N) is 3. The number of aryl methyl sites for hydroxylation is 4. The summed E-state index contributed by atoms with van der Waals surface area (Å²) in [5, 5.41) is 10.4. The highest BCUT2D eigenvalue weighted by Crippen LogP contribution is 2.19. The molecule has 1 fully saturated rings. The van der Waals surface area contributed by atoms with Crippen LogP contribution in [0, 0.1) is 20.8 Å². The number of H-pyrrole nitrogens is 1. The van der Waals surface area contributed by atoms with Crippen LogP contribution in [-0.4, -0.2) is 38.7 Å². The highest BCUT2D eigenvalue weighted by atomic mass is 16.2. The molecule has 2 aromatic rings. The molecule has 3 N–H and O–H groups in total. The Morgan fingerprint density at radius 2 is 1.90 bits per heavy atom. The lowest BCUT2D eigenvalue weighted by molar-refractivity contribution is -0.122. The molecule has 29 heavy (non-hydrogen) atoms. The number of pyridine rings is 1. The summed E-state index contributed by atoms with van der Waals surface area (Å²) >= 11 is 0. The number of aromatic amines is 1. The summed E-state index contributed by atoms with van der Waals surface area (Å²) in [6.07, 6.45) is 3.68.